The quantitative estimate of drug-likeness (QED) is 0.142. The molecule has 5 atom stereocenters. The van der Waals surface area contributed by atoms with Gasteiger partial charge in [-0.15, -0.1) is 0 Å². The monoisotopic (exact) mass is 600 g/mol. The minimum Gasteiger partial charge on any atom is -0.464 e. The van der Waals surface area contributed by atoms with Crippen LogP contribution in [0.1, 0.15) is 43.9 Å². The highest BCUT2D eigenvalue weighted by atomic mass is 31.2. The van der Waals surface area contributed by atoms with E-state index in [1.54, 1.807) is 42.5 Å². The molecule has 1 unspecified atom stereocenters. The van der Waals surface area contributed by atoms with Crippen LogP contribution in [0.5, 0.6) is 5.75 Å². The zero-order valence-corrected chi connectivity index (χ0v) is 23.6. The molecule has 3 heterocycles. The smallest absolute Gasteiger partial charge is 0.458 e. The third-order valence-corrected chi connectivity index (χ3v) is 8.98. The summed E-state index contributed by atoms with van der Waals surface area (Å²) < 4.78 is 37.8. The molecule has 0 bridgehead atoms. The number of carbonyl (C=O) groups is 1. The van der Waals surface area contributed by atoms with Gasteiger partial charge in [-0.2, -0.15) is 10.4 Å². The number of benzene rings is 1. The number of para-hydroxylation sites is 1. The van der Waals surface area contributed by atoms with Gasteiger partial charge >= 0.3 is 13.7 Å². The number of fused-ring (bicyclic) bond motifs is 1. The fourth-order valence-corrected chi connectivity index (χ4v) is 6.51. The number of esters is 1. The Bertz CT molecular complexity index is 1480. The first-order valence-corrected chi connectivity index (χ1v) is 15.2. The van der Waals surface area contributed by atoms with E-state index in [4.69, 9.17) is 24.3 Å². The van der Waals surface area contributed by atoms with Crippen LogP contribution in [0.4, 0.5) is 5.82 Å². The molecule has 1 aromatic carbocycles. The molecule has 0 spiro atoms. The highest BCUT2D eigenvalue weighted by Crippen LogP contribution is 2.48. The van der Waals surface area contributed by atoms with Crippen LogP contribution in [0.3, 0.4) is 0 Å². The standard InChI is InChI=1S/C27H33N6O8P/c28-15-27(24(35)22(34)23(40-27)20-11-12-21-25(29)30-17-31-33(20)21)16-39-42(37,41-19-9-5-2-6-10-19)32-13-14-38-26(36)18-7-3-1-4-8-18/h2,5-6,9-12,17-18,22-24,34-35H,1,3-4,7-8,13-14,16H2,(H,32,37)(H2,29,30,31)/t22-,23-,24-,27+,42?/m0/s1. The molecular weight excluding hydrogens is 567 g/mol. The lowest BCUT2D eigenvalue weighted by Crippen LogP contribution is -2.46. The van der Waals surface area contributed by atoms with E-state index < -0.39 is 38.3 Å². The van der Waals surface area contributed by atoms with Crippen LogP contribution >= 0.6 is 7.75 Å². The number of hydrogen-bond donors (Lipinski definition) is 4. The van der Waals surface area contributed by atoms with Gasteiger partial charge in [0.2, 0.25) is 5.60 Å². The molecule has 5 rings (SSSR count). The summed E-state index contributed by atoms with van der Waals surface area (Å²) in [6.45, 7) is -0.901. The van der Waals surface area contributed by atoms with Gasteiger partial charge in [-0.05, 0) is 37.1 Å². The van der Waals surface area contributed by atoms with Gasteiger partial charge in [-0.1, -0.05) is 37.5 Å². The van der Waals surface area contributed by atoms with Crippen LogP contribution < -0.4 is 15.3 Å². The van der Waals surface area contributed by atoms with E-state index in [-0.39, 0.29) is 36.6 Å². The largest absolute Gasteiger partial charge is 0.464 e. The maximum absolute atomic E-state index is 13.8. The van der Waals surface area contributed by atoms with Crippen molar-refractivity contribution in [2.45, 2.75) is 56.0 Å². The average molecular weight is 601 g/mol. The van der Waals surface area contributed by atoms with E-state index >= 15 is 0 Å². The van der Waals surface area contributed by atoms with Crippen molar-refractivity contribution in [3.63, 3.8) is 0 Å². The molecule has 1 aliphatic carbocycles. The zero-order chi connectivity index (χ0) is 29.7. The summed E-state index contributed by atoms with van der Waals surface area (Å²) in [6, 6.07) is 13.3. The van der Waals surface area contributed by atoms with Crippen LogP contribution in [-0.4, -0.2) is 68.3 Å². The van der Waals surface area contributed by atoms with Crippen LogP contribution in [0.15, 0.2) is 48.8 Å². The number of rotatable bonds is 11. The predicted octanol–water partition coefficient (Wildman–Crippen LogP) is 2.28. The molecule has 14 nitrogen and oxygen atoms in total. The predicted molar refractivity (Wildman–Crippen MR) is 148 cm³/mol. The van der Waals surface area contributed by atoms with Gasteiger partial charge in [0.15, 0.2) is 5.82 Å². The van der Waals surface area contributed by atoms with E-state index in [1.807, 2.05) is 6.07 Å². The summed E-state index contributed by atoms with van der Waals surface area (Å²) >= 11 is 0. The van der Waals surface area contributed by atoms with Gasteiger partial charge in [0.05, 0.1) is 11.6 Å². The molecule has 3 aromatic rings. The van der Waals surface area contributed by atoms with E-state index in [2.05, 4.69) is 15.2 Å². The number of hydrogen-bond acceptors (Lipinski definition) is 12. The third kappa shape index (κ3) is 6.27. The summed E-state index contributed by atoms with van der Waals surface area (Å²) in [7, 11) is -4.22. The summed E-state index contributed by atoms with van der Waals surface area (Å²) in [6.07, 6.45) is 1.35. The molecule has 1 saturated heterocycles. The van der Waals surface area contributed by atoms with Crippen molar-refractivity contribution in [3.8, 4) is 11.8 Å². The second-order valence-corrected chi connectivity index (χ2v) is 12.0. The number of nitrogen functional groups attached to an aromatic ring is 1. The first kappa shape index (κ1) is 29.9. The highest BCUT2D eigenvalue weighted by Gasteiger charge is 2.57. The molecule has 15 heteroatoms. The van der Waals surface area contributed by atoms with Crippen LogP contribution in [-0.2, 0) is 23.4 Å². The van der Waals surface area contributed by atoms with Gasteiger partial charge < -0.3 is 29.9 Å². The van der Waals surface area contributed by atoms with E-state index in [9.17, 15) is 24.8 Å². The Morgan fingerprint density at radius 1 is 1.21 bits per heavy atom. The maximum atomic E-state index is 13.8. The lowest BCUT2D eigenvalue weighted by atomic mass is 9.89. The summed E-state index contributed by atoms with van der Waals surface area (Å²) in [5.74, 6) is -0.0409. The molecule has 0 amide bonds. The van der Waals surface area contributed by atoms with Crippen molar-refractivity contribution in [2.75, 3.05) is 25.5 Å². The second kappa shape index (κ2) is 12.7. The fourth-order valence-electron chi connectivity index (χ4n) is 5.17. The molecule has 0 radical (unpaired) electrons. The first-order chi connectivity index (χ1) is 20.3. The lowest BCUT2D eigenvalue weighted by Gasteiger charge is -2.27. The number of nitriles is 1. The van der Waals surface area contributed by atoms with Gasteiger partial charge in [0.25, 0.3) is 0 Å². The van der Waals surface area contributed by atoms with Crippen molar-refractivity contribution in [1.29, 1.82) is 5.26 Å². The lowest BCUT2D eigenvalue weighted by molar-refractivity contribution is -0.149. The highest BCUT2D eigenvalue weighted by molar-refractivity contribution is 7.52. The van der Waals surface area contributed by atoms with Gasteiger partial charge in [-0.3, -0.25) is 9.32 Å². The topological polar surface area (TPSA) is 204 Å². The van der Waals surface area contributed by atoms with Crippen molar-refractivity contribution in [3.05, 3.63) is 54.5 Å². The van der Waals surface area contributed by atoms with E-state index in [0.29, 0.717) is 11.2 Å². The third-order valence-electron chi connectivity index (χ3n) is 7.45. The Hall–Kier alpha value is -3.57. The number of aliphatic hydroxyl groups is 2. The number of nitrogens with zero attached hydrogens (tertiary/aromatic N) is 4. The number of carbonyl (C=O) groups excluding carboxylic acids is 1. The Morgan fingerprint density at radius 2 is 1.98 bits per heavy atom. The summed E-state index contributed by atoms with van der Waals surface area (Å²) in [5.41, 5.74) is 4.52. The molecule has 5 N–H and O–H groups in total. The number of nitrogens with one attached hydrogen (secondary N) is 1. The molecule has 224 valence electrons. The van der Waals surface area contributed by atoms with Crippen molar-refractivity contribution in [1.82, 2.24) is 19.7 Å². The molecular formula is C27H33N6O8P. The fraction of sp³-hybridized carbons (Fsp3) is 0.481. The molecule has 2 aliphatic rings. The van der Waals surface area contributed by atoms with Gasteiger partial charge in [0, 0.05) is 6.54 Å². The Balaban J connectivity index is 1.29. The molecule has 2 aromatic heterocycles. The van der Waals surface area contributed by atoms with E-state index in [1.165, 1.54) is 10.8 Å². The second-order valence-electron chi connectivity index (χ2n) is 10.3. The average Bonchev–Trinajstić information content (AvgIpc) is 3.55. The Kier molecular flexibility index (Phi) is 9.08. The van der Waals surface area contributed by atoms with E-state index in [0.717, 1.165) is 32.1 Å². The number of ether oxygens (including phenoxy) is 2. The summed E-state index contributed by atoms with van der Waals surface area (Å²) in [4.78, 5) is 16.3. The molecule has 1 aliphatic heterocycles. The normalized spacial score (nSPS) is 26.0. The molecule has 1 saturated carbocycles. The molecule has 2 fully saturated rings. The van der Waals surface area contributed by atoms with Crippen molar-refractivity contribution in [2.24, 2.45) is 5.92 Å². The summed E-state index contributed by atoms with van der Waals surface area (Å²) in [5, 5.41) is 38.7. The number of nitrogens with two attached hydrogens (primary N) is 1. The van der Waals surface area contributed by atoms with Crippen LogP contribution in [0.25, 0.3) is 5.52 Å². The van der Waals surface area contributed by atoms with Crippen LogP contribution in [0.2, 0.25) is 0 Å². The minimum absolute atomic E-state index is 0.0753. The first-order valence-electron chi connectivity index (χ1n) is 13.7. The number of aliphatic hydroxyl groups excluding tert-OH is 2. The SMILES string of the molecule is N#C[C@]1(COP(=O)(NCCOC(=O)C2CCCCC2)Oc2ccccc2)O[C@@H](c2ccc3c(N)ncnn23)[C@H](O)[C@@H]1O. The number of aromatic nitrogens is 3. The van der Waals surface area contributed by atoms with Crippen molar-refractivity contribution < 1.29 is 38.1 Å². The maximum Gasteiger partial charge on any atom is 0.458 e. The Labute approximate surface area is 241 Å². The van der Waals surface area contributed by atoms with Crippen LogP contribution in [0, 0.1) is 17.2 Å². The van der Waals surface area contributed by atoms with Gasteiger partial charge in [0.1, 0.15) is 55.2 Å². The Morgan fingerprint density at radius 3 is 2.71 bits per heavy atom. The molecule has 42 heavy (non-hydrogen) atoms. The van der Waals surface area contributed by atoms with Crippen molar-refractivity contribution >= 4 is 25.1 Å². The minimum atomic E-state index is -4.22. The zero-order valence-electron chi connectivity index (χ0n) is 22.7. The number of anilines is 1. The van der Waals surface area contributed by atoms with Gasteiger partial charge in [-0.25, -0.2) is 19.2 Å².